The van der Waals surface area contributed by atoms with Gasteiger partial charge in [-0.25, -0.2) is 9.18 Å². The number of halogens is 1. The lowest BCUT2D eigenvalue weighted by molar-refractivity contribution is -0.116. The van der Waals surface area contributed by atoms with Gasteiger partial charge in [0.1, 0.15) is 10.7 Å². The first kappa shape index (κ1) is 17.4. The highest BCUT2D eigenvalue weighted by atomic mass is 32.1. The Morgan fingerprint density at radius 2 is 1.81 bits per heavy atom. The molecule has 0 unspecified atom stereocenters. The van der Waals surface area contributed by atoms with E-state index in [0.717, 1.165) is 16.0 Å². The number of anilines is 1. The van der Waals surface area contributed by atoms with Crippen LogP contribution in [0.1, 0.15) is 38.0 Å². The number of carboxylic acids is 1. The van der Waals surface area contributed by atoms with Gasteiger partial charge in [-0.15, -0.1) is 11.3 Å². The predicted octanol–water partition coefficient (Wildman–Crippen LogP) is 5.03. The molecule has 6 heteroatoms. The SMILES string of the molecule is Cc1ccc([C@H]2CC(=O)Nc3c2sc(C(=O)O)c3-c2ccc(F)cc2)cc1. The lowest BCUT2D eigenvalue weighted by atomic mass is 9.88. The molecule has 0 spiro atoms. The lowest BCUT2D eigenvalue weighted by Crippen LogP contribution is -2.22. The van der Waals surface area contributed by atoms with Gasteiger partial charge in [0, 0.05) is 22.8 Å². The molecule has 1 aromatic heterocycles. The summed E-state index contributed by atoms with van der Waals surface area (Å²) in [5.74, 6) is -1.83. The van der Waals surface area contributed by atoms with Gasteiger partial charge in [-0.2, -0.15) is 0 Å². The number of benzene rings is 2. The maximum Gasteiger partial charge on any atom is 0.346 e. The summed E-state index contributed by atoms with van der Waals surface area (Å²) in [5, 5.41) is 12.6. The van der Waals surface area contributed by atoms with Crippen LogP contribution in [-0.4, -0.2) is 17.0 Å². The number of carbonyl (C=O) groups excluding carboxylic acids is 1. The minimum atomic E-state index is -1.06. The smallest absolute Gasteiger partial charge is 0.346 e. The van der Waals surface area contributed by atoms with Gasteiger partial charge in [-0.1, -0.05) is 42.0 Å². The Labute approximate surface area is 159 Å². The lowest BCUT2D eigenvalue weighted by Gasteiger charge is -2.24. The average molecular weight is 381 g/mol. The van der Waals surface area contributed by atoms with E-state index >= 15 is 0 Å². The minimum Gasteiger partial charge on any atom is -0.477 e. The third-order valence-corrected chi connectivity index (χ3v) is 6.00. The highest BCUT2D eigenvalue weighted by molar-refractivity contribution is 7.15. The molecule has 2 N–H and O–H groups in total. The van der Waals surface area contributed by atoms with Gasteiger partial charge in [0.15, 0.2) is 0 Å². The highest BCUT2D eigenvalue weighted by Gasteiger charge is 2.34. The summed E-state index contributed by atoms with van der Waals surface area (Å²) < 4.78 is 13.3. The maximum absolute atomic E-state index is 13.3. The number of hydrogen-bond acceptors (Lipinski definition) is 3. The second-order valence-corrected chi connectivity index (χ2v) is 7.63. The molecule has 0 fully saturated rings. The second kappa shape index (κ2) is 6.63. The minimum absolute atomic E-state index is 0.144. The van der Waals surface area contributed by atoms with E-state index in [0.29, 0.717) is 16.8 Å². The summed E-state index contributed by atoms with van der Waals surface area (Å²) in [6.45, 7) is 1.99. The van der Waals surface area contributed by atoms with Gasteiger partial charge in [0.05, 0.1) is 5.69 Å². The first-order valence-corrected chi connectivity index (χ1v) is 9.28. The zero-order valence-corrected chi connectivity index (χ0v) is 15.3. The Bertz CT molecular complexity index is 1040. The molecule has 136 valence electrons. The number of hydrogen-bond donors (Lipinski definition) is 2. The largest absolute Gasteiger partial charge is 0.477 e. The van der Waals surface area contributed by atoms with Crippen molar-refractivity contribution in [3.63, 3.8) is 0 Å². The fourth-order valence-corrected chi connectivity index (χ4v) is 4.64. The maximum atomic E-state index is 13.3. The van der Waals surface area contributed by atoms with Crippen LogP contribution in [0.3, 0.4) is 0 Å². The van der Waals surface area contributed by atoms with Gasteiger partial charge < -0.3 is 10.4 Å². The fraction of sp³-hybridized carbons (Fsp3) is 0.143. The molecule has 0 saturated heterocycles. The molecular formula is C21H16FNO3S. The molecular weight excluding hydrogens is 365 g/mol. The van der Waals surface area contributed by atoms with Gasteiger partial charge in [0.2, 0.25) is 5.91 Å². The highest BCUT2D eigenvalue weighted by Crippen LogP contribution is 2.49. The van der Waals surface area contributed by atoms with Crippen LogP contribution < -0.4 is 5.32 Å². The molecule has 0 bridgehead atoms. The van der Waals surface area contributed by atoms with E-state index in [4.69, 9.17) is 0 Å². The van der Waals surface area contributed by atoms with Crippen LogP contribution >= 0.6 is 11.3 Å². The van der Waals surface area contributed by atoms with Crippen LogP contribution in [-0.2, 0) is 4.79 Å². The fourth-order valence-electron chi connectivity index (χ4n) is 3.40. The second-order valence-electron chi connectivity index (χ2n) is 6.57. The number of amides is 1. The molecule has 0 radical (unpaired) electrons. The average Bonchev–Trinajstić information content (AvgIpc) is 3.02. The van der Waals surface area contributed by atoms with Crippen molar-refractivity contribution in [1.29, 1.82) is 0 Å². The number of rotatable bonds is 3. The zero-order valence-electron chi connectivity index (χ0n) is 14.5. The zero-order chi connectivity index (χ0) is 19.1. The summed E-state index contributed by atoms with van der Waals surface area (Å²) >= 11 is 1.17. The van der Waals surface area contributed by atoms with Crippen molar-refractivity contribution < 1.29 is 19.1 Å². The summed E-state index contributed by atoms with van der Waals surface area (Å²) in [7, 11) is 0. The number of nitrogens with one attached hydrogen (secondary N) is 1. The Morgan fingerprint density at radius 1 is 1.15 bits per heavy atom. The van der Waals surface area contributed by atoms with Crippen molar-refractivity contribution in [2.75, 3.05) is 5.32 Å². The van der Waals surface area contributed by atoms with Crippen molar-refractivity contribution in [2.45, 2.75) is 19.3 Å². The molecule has 0 aliphatic carbocycles. The van der Waals surface area contributed by atoms with Gasteiger partial charge in [-0.3, -0.25) is 4.79 Å². The molecule has 1 amide bonds. The first-order valence-electron chi connectivity index (χ1n) is 8.46. The van der Waals surface area contributed by atoms with Crippen LogP contribution in [0.15, 0.2) is 48.5 Å². The van der Waals surface area contributed by atoms with E-state index in [1.165, 1.54) is 35.6 Å². The van der Waals surface area contributed by atoms with Crippen molar-refractivity contribution >= 4 is 28.9 Å². The Kier molecular flexibility index (Phi) is 4.28. The summed E-state index contributed by atoms with van der Waals surface area (Å²) in [6, 6.07) is 13.5. The third-order valence-electron chi connectivity index (χ3n) is 4.71. The first-order chi connectivity index (χ1) is 12.9. The molecule has 27 heavy (non-hydrogen) atoms. The number of carbonyl (C=O) groups is 2. The number of aryl methyl sites for hydroxylation is 1. The molecule has 3 aromatic rings. The quantitative estimate of drug-likeness (QED) is 0.668. The monoisotopic (exact) mass is 381 g/mol. The Balaban J connectivity index is 1.92. The molecule has 2 aromatic carbocycles. The third kappa shape index (κ3) is 3.13. The van der Waals surface area contributed by atoms with Crippen LogP contribution in [0, 0.1) is 12.7 Å². The number of fused-ring (bicyclic) bond motifs is 1. The van der Waals surface area contributed by atoms with Gasteiger partial charge in [-0.05, 0) is 30.2 Å². The Hall–Kier alpha value is -2.99. The number of thiophene rings is 1. The van der Waals surface area contributed by atoms with E-state index in [9.17, 15) is 19.1 Å². The molecule has 2 heterocycles. The van der Waals surface area contributed by atoms with Crippen molar-refractivity contribution in [3.8, 4) is 11.1 Å². The van der Waals surface area contributed by atoms with Crippen molar-refractivity contribution in [1.82, 2.24) is 0 Å². The van der Waals surface area contributed by atoms with E-state index in [1.807, 2.05) is 31.2 Å². The molecule has 1 aliphatic heterocycles. The van der Waals surface area contributed by atoms with E-state index in [-0.39, 0.29) is 23.1 Å². The van der Waals surface area contributed by atoms with Gasteiger partial charge in [0.25, 0.3) is 0 Å². The molecule has 1 atom stereocenters. The van der Waals surface area contributed by atoms with E-state index < -0.39 is 11.8 Å². The number of carboxylic acid groups (broad SMARTS) is 1. The normalized spacial score (nSPS) is 15.9. The van der Waals surface area contributed by atoms with Crippen molar-refractivity contribution in [2.24, 2.45) is 0 Å². The summed E-state index contributed by atoms with van der Waals surface area (Å²) in [6.07, 6.45) is 0.262. The van der Waals surface area contributed by atoms with E-state index in [1.54, 1.807) is 0 Å². The van der Waals surface area contributed by atoms with Crippen LogP contribution in [0.25, 0.3) is 11.1 Å². The number of aromatic carboxylic acids is 1. The van der Waals surface area contributed by atoms with Crippen LogP contribution in [0.4, 0.5) is 10.1 Å². The molecule has 0 saturated carbocycles. The summed E-state index contributed by atoms with van der Waals surface area (Å²) in [5.41, 5.74) is 3.61. The topological polar surface area (TPSA) is 66.4 Å². The van der Waals surface area contributed by atoms with Crippen LogP contribution in [0.5, 0.6) is 0 Å². The Morgan fingerprint density at radius 3 is 2.44 bits per heavy atom. The molecule has 4 nitrogen and oxygen atoms in total. The van der Waals surface area contributed by atoms with Crippen LogP contribution in [0.2, 0.25) is 0 Å². The standard InChI is InChI=1S/C21H16FNO3S/c1-11-2-4-12(5-3-11)15-10-16(24)23-18-17(13-6-8-14(22)9-7-13)20(21(25)26)27-19(15)18/h2-9,15H,10H2,1H3,(H,23,24)(H,25,26)/t15-/m1/s1. The van der Waals surface area contributed by atoms with Crippen molar-refractivity contribution in [3.05, 3.63) is 75.2 Å². The summed E-state index contributed by atoms with van der Waals surface area (Å²) in [4.78, 5) is 25.2. The predicted molar refractivity (Wildman–Crippen MR) is 103 cm³/mol. The van der Waals surface area contributed by atoms with Gasteiger partial charge >= 0.3 is 5.97 Å². The molecule has 1 aliphatic rings. The molecule has 4 rings (SSSR count). The van der Waals surface area contributed by atoms with E-state index in [2.05, 4.69) is 5.32 Å².